The van der Waals surface area contributed by atoms with Gasteiger partial charge in [-0.2, -0.15) is 0 Å². The summed E-state index contributed by atoms with van der Waals surface area (Å²) >= 11 is 0. The second kappa shape index (κ2) is 5.70. The molecule has 5 heteroatoms. The molecule has 15 heavy (non-hydrogen) atoms. The lowest BCUT2D eigenvalue weighted by Gasteiger charge is -2.11. The van der Waals surface area contributed by atoms with Crippen molar-refractivity contribution in [2.24, 2.45) is 5.92 Å². The first-order valence-corrected chi connectivity index (χ1v) is 5.37. The SMILES string of the molecule is CC(C)NCCNC(=O)C1CNC(=O)C1. The highest BCUT2D eigenvalue weighted by Gasteiger charge is 2.27. The summed E-state index contributed by atoms with van der Waals surface area (Å²) in [4.78, 5) is 22.4. The van der Waals surface area contributed by atoms with Crippen molar-refractivity contribution in [2.45, 2.75) is 26.3 Å². The molecule has 0 radical (unpaired) electrons. The molecule has 0 aliphatic carbocycles. The fraction of sp³-hybridized carbons (Fsp3) is 0.800. The number of nitrogens with one attached hydrogen (secondary N) is 3. The van der Waals surface area contributed by atoms with Gasteiger partial charge in [0.05, 0.1) is 5.92 Å². The van der Waals surface area contributed by atoms with E-state index in [2.05, 4.69) is 29.8 Å². The minimum absolute atomic E-state index is 0.0288. The highest BCUT2D eigenvalue weighted by Crippen LogP contribution is 2.07. The summed E-state index contributed by atoms with van der Waals surface area (Å²) in [5.74, 6) is -0.245. The van der Waals surface area contributed by atoms with Crippen LogP contribution in [0.4, 0.5) is 0 Å². The molecule has 1 aliphatic rings. The van der Waals surface area contributed by atoms with E-state index in [0.29, 0.717) is 25.6 Å². The summed E-state index contributed by atoms with van der Waals surface area (Å²) in [6.45, 7) is 5.96. The van der Waals surface area contributed by atoms with E-state index >= 15 is 0 Å². The Labute approximate surface area is 90.0 Å². The van der Waals surface area contributed by atoms with Gasteiger partial charge in [-0.1, -0.05) is 13.8 Å². The van der Waals surface area contributed by atoms with Gasteiger partial charge in [0.15, 0.2) is 0 Å². The normalized spacial score (nSPS) is 20.5. The molecule has 0 aromatic heterocycles. The van der Waals surface area contributed by atoms with Gasteiger partial charge < -0.3 is 16.0 Å². The van der Waals surface area contributed by atoms with E-state index in [1.54, 1.807) is 0 Å². The molecule has 0 spiro atoms. The zero-order chi connectivity index (χ0) is 11.3. The summed E-state index contributed by atoms with van der Waals surface area (Å²) < 4.78 is 0. The minimum atomic E-state index is -0.184. The van der Waals surface area contributed by atoms with E-state index in [0.717, 1.165) is 6.54 Å². The second-order valence-electron chi connectivity index (χ2n) is 4.10. The van der Waals surface area contributed by atoms with Crippen molar-refractivity contribution in [3.8, 4) is 0 Å². The van der Waals surface area contributed by atoms with Crippen LogP contribution in [0.5, 0.6) is 0 Å². The predicted molar refractivity (Wildman–Crippen MR) is 57.3 cm³/mol. The average Bonchev–Trinajstić information content (AvgIpc) is 2.59. The van der Waals surface area contributed by atoms with Crippen LogP contribution >= 0.6 is 0 Å². The van der Waals surface area contributed by atoms with Crippen LogP contribution in [-0.2, 0) is 9.59 Å². The summed E-state index contributed by atoms with van der Waals surface area (Å²) in [5, 5.41) is 8.65. The Morgan fingerprint density at radius 3 is 2.80 bits per heavy atom. The van der Waals surface area contributed by atoms with Crippen LogP contribution in [0.1, 0.15) is 20.3 Å². The minimum Gasteiger partial charge on any atom is -0.355 e. The molecular weight excluding hydrogens is 194 g/mol. The van der Waals surface area contributed by atoms with Crippen LogP contribution in [0.25, 0.3) is 0 Å². The number of rotatable bonds is 5. The first-order valence-electron chi connectivity index (χ1n) is 5.37. The van der Waals surface area contributed by atoms with E-state index in [1.165, 1.54) is 0 Å². The maximum absolute atomic E-state index is 11.5. The molecular formula is C10H19N3O2. The number of carbonyl (C=O) groups excluding carboxylic acids is 2. The van der Waals surface area contributed by atoms with Gasteiger partial charge in [0.25, 0.3) is 0 Å². The average molecular weight is 213 g/mol. The van der Waals surface area contributed by atoms with Gasteiger partial charge in [0.2, 0.25) is 11.8 Å². The number of amides is 2. The van der Waals surface area contributed by atoms with Crippen molar-refractivity contribution >= 4 is 11.8 Å². The molecule has 5 nitrogen and oxygen atoms in total. The fourth-order valence-electron chi connectivity index (χ4n) is 1.48. The molecule has 1 saturated heterocycles. The van der Waals surface area contributed by atoms with Gasteiger partial charge >= 0.3 is 0 Å². The van der Waals surface area contributed by atoms with Crippen LogP contribution in [0.3, 0.4) is 0 Å². The first-order chi connectivity index (χ1) is 7.09. The number of hydrogen-bond acceptors (Lipinski definition) is 3. The van der Waals surface area contributed by atoms with Crippen LogP contribution in [0, 0.1) is 5.92 Å². The molecule has 0 saturated carbocycles. The van der Waals surface area contributed by atoms with Crippen molar-refractivity contribution in [3.63, 3.8) is 0 Å². The Morgan fingerprint density at radius 1 is 1.53 bits per heavy atom. The molecule has 0 aromatic rings. The monoisotopic (exact) mass is 213 g/mol. The van der Waals surface area contributed by atoms with Crippen LogP contribution < -0.4 is 16.0 Å². The van der Waals surface area contributed by atoms with Gasteiger partial charge in [-0.25, -0.2) is 0 Å². The third-order valence-corrected chi connectivity index (χ3v) is 2.33. The zero-order valence-corrected chi connectivity index (χ0v) is 9.30. The third kappa shape index (κ3) is 4.29. The van der Waals surface area contributed by atoms with Gasteiger partial charge in [-0.3, -0.25) is 9.59 Å². The third-order valence-electron chi connectivity index (χ3n) is 2.33. The Bertz CT molecular complexity index is 241. The molecule has 1 rings (SSSR count). The van der Waals surface area contributed by atoms with E-state index in [9.17, 15) is 9.59 Å². The molecule has 1 atom stereocenters. The summed E-state index contributed by atoms with van der Waals surface area (Å²) in [7, 11) is 0. The summed E-state index contributed by atoms with van der Waals surface area (Å²) in [6, 6.07) is 0.427. The van der Waals surface area contributed by atoms with Gasteiger partial charge in [0, 0.05) is 32.1 Å². The molecule has 1 heterocycles. The van der Waals surface area contributed by atoms with Crippen molar-refractivity contribution in [2.75, 3.05) is 19.6 Å². The van der Waals surface area contributed by atoms with Crippen molar-refractivity contribution in [1.82, 2.24) is 16.0 Å². The molecule has 86 valence electrons. The van der Waals surface area contributed by atoms with E-state index in [4.69, 9.17) is 0 Å². The Kier molecular flexibility index (Phi) is 4.55. The van der Waals surface area contributed by atoms with Gasteiger partial charge in [-0.15, -0.1) is 0 Å². The van der Waals surface area contributed by atoms with Crippen molar-refractivity contribution in [1.29, 1.82) is 0 Å². The first kappa shape index (κ1) is 12.0. The van der Waals surface area contributed by atoms with Gasteiger partial charge in [0.1, 0.15) is 0 Å². The Balaban J connectivity index is 2.11. The van der Waals surface area contributed by atoms with E-state index in [-0.39, 0.29) is 17.7 Å². The highest BCUT2D eigenvalue weighted by molar-refractivity contribution is 5.89. The topological polar surface area (TPSA) is 70.2 Å². The number of carbonyl (C=O) groups is 2. The fourth-order valence-corrected chi connectivity index (χ4v) is 1.48. The van der Waals surface area contributed by atoms with Gasteiger partial charge in [-0.05, 0) is 0 Å². The van der Waals surface area contributed by atoms with Crippen molar-refractivity contribution < 1.29 is 9.59 Å². The van der Waals surface area contributed by atoms with E-state index < -0.39 is 0 Å². The quantitative estimate of drug-likeness (QED) is 0.526. The summed E-state index contributed by atoms with van der Waals surface area (Å²) in [5.41, 5.74) is 0. The van der Waals surface area contributed by atoms with Crippen LogP contribution in [0.2, 0.25) is 0 Å². The lowest BCUT2D eigenvalue weighted by Crippen LogP contribution is -2.38. The van der Waals surface area contributed by atoms with Crippen molar-refractivity contribution in [3.05, 3.63) is 0 Å². The molecule has 2 amide bonds. The second-order valence-corrected chi connectivity index (χ2v) is 4.10. The molecule has 3 N–H and O–H groups in total. The molecule has 1 unspecified atom stereocenters. The highest BCUT2D eigenvalue weighted by atomic mass is 16.2. The lowest BCUT2D eigenvalue weighted by atomic mass is 10.1. The number of hydrogen-bond donors (Lipinski definition) is 3. The molecule has 0 bridgehead atoms. The zero-order valence-electron chi connectivity index (χ0n) is 9.30. The predicted octanol–water partition coefficient (Wildman–Crippen LogP) is -0.763. The molecule has 1 fully saturated rings. The van der Waals surface area contributed by atoms with Crippen LogP contribution in [0.15, 0.2) is 0 Å². The lowest BCUT2D eigenvalue weighted by molar-refractivity contribution is -0.126. The van der Waals surface area contributed by atoms with Crippen LogP contribution in [-0.4, -0.2) is 37.5 Å². The Morgan fingerprint density at radius 2 is 2.27 bits per heavy atom. The molecule has 0 aromatic carbocycles. The smallest absolute Gasteiger partial charge is 0.225 e. The Hall–Kier alpha value is -1.10. The molecule has 1 aliphatic heterocycles. The maximum atomic E-state index is 11.5. The summed E-state index contributed by atoms with van der Waals surface area (Å²) in [6.07, 6.45) is 0.323. The standard InChI is InChI=1S/C10H19N3O2/c1-7(2)11-3-4-12-10(15)8-5-9(14)13-6-8/h7-8,11H,3-6H2,1-2H3,(H,12,15)(H,13,14). The maximum Gasteiger partial charge on any atom is 0.225 e. The largest absolute Gasteiger partial charge is 0.355 e. The van der Waals surface area contributed by atoms with E-state index in [1.807, 2.05) is 0 Å².